The first-order valence-corrected chi connectivity index (χ1v) is 9.84. The maximum absolute atomic E-state index is 12.4. The second-order valence-electron chi connectivity index (χ2n) is 7.18. The summed E-state index contributed by atoms with van der Waals surface area (Å²) in [6.07, 6.45) is 0.950. The fourth-order valence-corrected chi connectivity index (χ4v) is 3.37. The van der Waals surface area contributed by atoms with Gasteiger partial charge < -0.3 is 15.0 Å². The zero-order valence-electron chi connectivity index (χ0n) is 17.0. The highest BCUT2D eigenvalue weighted by Gasteiger charge is 2.36. The molecule has 0 saturated carbocycles. The average molecular weight is 408 g/mol. The molecule has 0 radical (unpaired) electrons. The third-order valence-electron chi connectivity index (χ3n) is 5.04. The number of amides is 2. The van der Waals surface area contributed by atoms with E-state index in [0.29, 0.717) is 11.3 Å². The highest BCUT2D eigenvalue weighted by molar-refractivity contribution is 6.04. The Hall–Kier alpha value is -3.48. The van der Waals surface area contributed by atoms with Crippen LogP contribution in [-0.2, 0) is 25.5 Å². The molecule has 1 aliphatic heterocycles. The lowest BCUT2D eigenvalue weighted by Crippen LogP contribution is -2.28. The predicted molar refractivity (Wildman–Crippen MR) is 112 cm³/mol. The van der Waals surface area contributed by atoms with Crippen LogP contribution in [0.4, 0.5) is 11.4 Å². The molecular formula is C23H24N2O5. The predicted octanol–water partition coefficient (Wildman–Crippen LogP) is 2.99. The summed E-state index contributed by atoms with van der Waals surface area (Å²) >= 11 is 0. The van der Waals surface area contributed by atoms with Gasteiger partial charge in [-0.25, -0.2) is 0 Å². The van der Waals surface area contributed by atoms with E-state index < -0.39 is 24.4 Å². The number of esters is 1. The van der Waals surface area contributed by atoms with Gasteiger partial charge in [-0.1, -0.05) is 31.2 Å². The third kappa shape index (κ3) is 4.92. The van der Waals surface area contributed by atoms with Gasteiger partial charge >= 0.3 is 5.97 Å². The van der Waals surface area contributed by atoms with E-state index in [2.05, 4.69) is 12.2 Å². The zero-order chi connectivity index (χ0) is 21.7. The Kier molecular flexibility index (Phi) is 6.61. The molecule has 2 amide bonds. The molecule has 0 spiro atoms. The molecule has 0 unspecified atom stereocenters. The van der Waals surface area contributed by atoms with E-state index in [9.17, 15) is 19.2 Å². The number of anilines is 2. The van der Waals surface area contributed by atoms with Gasteiger partial charge in [-0.05, 0) is 43.2 Å². The quantitative estimate of drug-likeness (QED) is 0.562. The Balaban J connectivity index is 1.54. The number of aryl methyl sites for hydroxylation is 1. The van der Waals surface area contributed by atoms with Gasteiger partial charge in [0.2, 0.25) is 5.91 Å². The second kappa shape index (κ2) is 9.35. The molecule has 1 N–H and O–H groups in total. The number of nitrogens with zero attached hydrogens (tertiary/aromatic N) is 1. The molecule has 0 aromatic heterocycles. The number of carbonyl (C=O) groups is 4. The summed E-state index contributed by atoms with van der Waals surface area (Å²) in [5, 5.41) is 2.58. The number of nitrogens with one attached hydrogen (secondary N) is 1. The van der Waals surface area contributed by atoms with Crippen molar-refractivity contribution in [3.8, 4) is 0 Å². The van der Waals surface area contributed by atoms with Crippen molar-refractivity contribution < 1.29 is 23.9 Å². The molecular weight excluding hydrogens is 384 g/mol. The molecule has 2 aromatic carbocycles. The Morgan fingerprint density at radius 2 is 1.80 bits per heavy atom. The fourth-order valence-electron chi connectivity index (χ4n) is 3.37. The lowest BCUT2D eigenvalue weighted by Gasteiger charge is -2.17. The lowest BCUT2D eigenvalue weighted by molar-refractivity contribution is -0.151. The highest BCUT2D eigenvalue weighted by Crippen LogP contribution is 2.26. The van der Waals surface area contributed by atoms with Gasteiger partial charge in [-0.3, -0.25) is 19.2 Å². The monoisotopic (exact) mass is 408 g/mol. The number of carbonyl (C=O) groups excluding carboxylic acids is 4. The zero-order valence-corrected chi connectivity index (χ0v) is 17.0. The SMILES string of the molecule is CCc1ccc(N2C[C@@H](C(=O)OCC(=O)Nc3ccccc3C(C)=O)CC2=O)cc1. The topological polar surface area (TPSA) is 92.8 Å². The van der Waals surface area contributed by atoms with E-state index in [1.807, 2.05) is 24.3 Å². The second-order valence-corrected chi connectivity index (χ2v) is 7.18. The summed E-state index contributed by atoms with van der Waals surface area (Å²) in [5.41, 5.74) is 2.65. The number of para-hydroxylation sites is 1. The summed E-state index contributed by atoms with van der Waals surface area (Å²) in [6.45, 7) is 3.19. The summed E-state index contributed by atoms with van der Waals surface area (Å²) in [4.78, 5) is 50.0. The Morgan fingerprint density at radius 1 is 1.10 bits per heavy atom. The van der Waals surface area contributed by atoms with Gasteiger partial charge in [0.05, 0.1) is 11.6 Å². The van der Waals surface area contributed by atoms with E-state index in [1.165, 1.54) is 12.5 Å². The minimum absolute atomic E-state index is 0.0448. The number of rotatable bonds is 7. The molecule has 156 valence electrons. The van der Waals surface area contributed by atoms with Crippen LogP contribution in [0.5, 0.6) is 0 Å². The average Bonchev–Trinajstić information content (AvgIpc) is 3.14. The molecule has 7 nitrogen and oxygen atoms in total. The lowest BCUT2D eigenvalue weighted by atomic mass is 10.1. The molecule has 3 rings (SSSR count). The van der Waals surface area contributed by atoms with E-state index in [0.717, 1.165) is 12.1 Å². The van der Waals surface area contributed by atoms with Crippen LogP contribution in [0.1, 0.15) is 36.2 Å². The van der Waals surface area contributed by atoms with Gasteiger partial charge in [0.15, 0.2) is 12.4 Å². The van der Waals surface area contributed by atoms with E-state index in [4.69, 9.17) is 4.74 Å². The Bertz CT molecular complexity index is 968. The molecule has 1 fully saturated rings. The van der Waals surface area contributed by atoms with Crippen LogP contribution in [-0.4, -0.2) is 36.7 Å². The number of benzene rings is 2. The molecule has 1 atom stereocenters. The smallest absolute Gasteiger partial charge is 0.311 e. The van der Waals surface area contributed by atoms with Crippen LogP contribution in [0.25, 0.3) is 0 Å². The minimum Gasteiger partial charge on any atom is -0.455 e. The normalized spacial score (nSPS) is 15.7. The first-order chi connectivity index (χ1) is 14.4. The van der Waals surface area contributed by atoms with Crippen LogP contribution >= 0.6 is 0 Å². The molecule has 0 bridgehead atoms. The molecule has 7 heteroatoms. The Morgan fingerprint density at radius 3 is 2.47 bits per heavy atom. The van der Waals surface area contributed by atoms with Crippen molar-refractivity contribution in [2.45, 2.75) is 26.7 Å². The fraction of sp³-hybridized carbons (Fsp3) is 0.304. The van der Waals surface area contributed by atoms with Crippen LogP contribution in [0.2, 0.25) is 0 Å². The minimum atomic E-state index is -0.624. The standard InChI is InChI=1S/C23H24N2O5/c1-3-16-8-10-18(11-9-16)25-13-17(12-22(25)28)23(29)30-14-21(27)24-20-7-5-4-6-19(20)15(2)26/h4-11,17H,3,12-14H2,1-2H3,(H,24,27)/t17-/m0/s1. The van der Waals surface area contributed by atoms with Crippen molar-refractivity contribution in [1.82, 2.24) is 0 Å². The van der Waals surface area contributed by atoms with Crippen molar-refractivity contribution in [2.24, 2.45) is 5.92 Å². The van der Waals surface area contributed by atoms with E-state index in [-0.39, 0.29) is 24.7 Å². The summed E-state index contributed by atoms with van der Waals surface area (Å²) in [5.74, 6) is -2.10. The van der Waals surface area contributed by atoms with Gasteiger partial charge in [0, 0.05) is 24.2 Å². The molecule has 0 aliphatic carbocycles. The first-order valence-electron chi connectivity index (χ1n) is 9.84. The number of Topliss-reactive ketones (excluding diaryl/α,β-unsaturated/α-hetero) is 1. The van der Waals surface area contributed by atoms with Gasteiger partial charge in [-0.15, -0.1) is 0 Å². The van der Waals surface area contributed by atoms with Gasteiger partial charge in [0.1, 0.15) is 0 Å². The highest BCUT2D eigenvalue weighted by atomic mass is 16.5. The van der Waals surface area contributed by atoms with Gasteiger partial charge in [0.25, 0.3) is 5.91 Å². The van der Waals surface area contributed by atoms with Crippen molar-refractivity contribution in [3.05, 3.63) is 59.7 Å². The van der Waals surface area contributed by atoms with Crippen molar-refractivity contribution >= 4 is 34.9 Å². The number of ether oxygens (including phenoxy) is 1. The molecule has 1 saturated heterocycles. The van der Waals surface area contributed by atoms with E-state index in [1.54, 1.807) is 29.2 Å². The third-order valence-corrected chi connectivity index (χ3v) is 5.04. The maximum Gasteiger partial charge on any atom is 0.311 e. The van der Waals surface area contributed by atoms with Crippen LogP contribution in [0.3, 0.4) is 0 Å². The Labute approximate surface area is 175 Å². The largest absolute Gasteiger partial charge is 0.455 e. The molecule has 1 aliphatic rings. The molecule has 1 heterocycles. The molecule has 30 heavy (non-hydrogen) atoms. The molecule has 2 aromatic rings. The number of hydrogen-bond donors (Lipinski definition) is 1. The van der Waals surface area contributed by atoms with Crippen LogP contribution in [0.15, 0.2) is 48.5 Å². The van der Waals surface area contributed by atoms with Crippen molar-refractivity contribution in [1.29, 1.82) is 0 Å². The van der Waals surface area contributed by atoms with Crippen LogP contribution in [0, 0.1) is 5.92 Å². The summed E-state index contributed by atoms with van der Waals surface area (Å²) in [7, 11) is 0. The number of ketones is 1. The number of hydrogen-bond acceptors (Lipinski definition) is 5. The van der Waals surface area contributed by atoms with Crippen molar-refractivity contribution in [2.75, 3.05) is 23.4 Å². The summed E-state index contributed by atoms with van der Waals surface area (Å²) < 4.78 is 5.11. The maximum atomic E-state index is 12.4. The first kappa shape index (κ1) is 21.2. The summed E-state index contributed by atoms with van der Waals surface area (Å²) in [6, 6.07) is 14.2. The van der Waals surface area contributed by atoms with Gasteiger partial charge in [-0.2, -0.15) is 0 Å². The van der Waals surface area contributed by atoms with Crippen molar-refractivity contribution in [3.63, 3.8) is 0 Å². The van der Waals surface area contributed by atoms with E-state index >= 15 is 0 Å². The van der Waals surface area contributed by atoms with Crippen LogP contribution < -0.4 is 10.2 Å².